The van der Waals surface area contributed by atoms with Crippen molar-refractivity contribution in [3.63, 3.8) is 0 Å². The number of amides is 1. The second-order valence-electron chi connectivity index (χ2n) is 8.24. The second-order valence-corrected chi connectivity index (χ2v) is 8.62. The molecule has 3 aromatic rings. The normalized spacial score (nSPS) is 15.0. The summed E-state index contributed by atoms with van der Waals surface area (Å²) in [5.74, 6) is -0.363. The fraction of sp³-hybridized carbons (Fsp3) is 0.400. The highest BCUT2D eigenvalue weighted by molar-refractivity contribution is 6.34. The number of primary amides is 1. The van der Waals surface area contributed by atoms with Gasteiger partial charge in [0.2, 0.25) is 0 Å². The number of aryl methyl sites for hydroxylation is 2. The van der Waals surface area contributed by atoms with Crippen molar-refractivity contribution in [2.75, 3.05) is 37.6 Å². The summed E-state index contributed by atoms with van der Waals surface area (Å²) >= 11 is 6.62. The summed E-state index contributed by atoms with van der Waals surface area (Å²) in [6, 6.07) is 16.3. The van der Waals surface area contributed by atoms with Crippen LogP contribution in [0.3, 0.4) is 0 Å². The van der Waals surface area contributed by atoms with Gasteiger partial charge in [0.25, 0.3) is 5.91 Å². The zero-order valence-corrected chi connectivity index (χ0v) is 18.9. The van der Waals surface area contributed by atoms with Gasteiger partial charge in [-0.1, -0.05) is 48.9 Å². The Balaban J connectivity index is 1.28. The van der Waals surface area contributed by atoms with Gasteiger partial charge in [0.05, 0.1) is 10.7 Å². The lowest BCUT2D eigenvalue weighted by atomic mass is 10.1. The third-order valence-electron chi connectivity index (χ3n) is 6.32. The number of unbranched alkanes of at least 4 members (excludes halogenated alkanes) is 1. The quantitative estimate of drug-likeness (QED) is 0.524. The van der Waals surface area contributed by atoms with Crippen molar-refractivity contribution in [3.8, 4) is 0 Å². The molecule has 0 atom stereocenters. The van der Waals surface area contributed by atoms with Crippen LogP contribution < -0.4 is 10.6 Å². The third kappa shape index (κ3) is 4.73. The molecule has 31 heavy (non-hydrogen) atoms. The number of benzene rings is 2. The standard InChI is InChI=1S/C25H31ClN4O/c1-2-19-9-7-11-22(24(19)26)29-16-14-28(15-17-29)12-5-6-13-30-21-10-4-3-8-20(21)18-23(30)25(27)31/h3-4,7-11,18H,2,5-6,12-17H2,1H3,(H2,27,31). The van der Waals surface area contributed by atoms with Crippen LogP contribution in [0.2, 0.25) is 5.02 Å². The number of hydrogen-bond acceptors (Lipinski definition) is 3. The van der Waals surface area contributed by atoms with E-state index >= 15 is 0 Å². The highest BCUT2D eigenvalue weighted by Gasteiger charge is 2.19. The monoisotopic (exact) mass is 438 g/mol. The number of aromatic nitrogens is 1. The van der Waals surface area contributed by atoms with E-state index in [0.717, 1.165) is 74.5 Å². The Morgan fingerprint density at radius 2 is 1.74 bits per heavy atom. The first-order chi connectivity index (χ1) is 15.1. The topological polar surface area (TPSA) is 54.5 Å². The number of nitrogens with two attached hydrogens (primary N) is 1. The summed E-state index contributed by atoms with van der Waals surface area (Å²) in [5.41, 5.74) is 9.67. The van der Waals surface area contributed by atoms with E-state index < -0.39 is 0 Å². The van der Waals surface area contributed by atoms with Crippen molar-refractivity contribution < 1.29 is 4.79 Å². The Morgan fingerprint density at radius 1 is 1.00 bits per heavy atom. The van der Waals surface area contributed by atoms with Crippen molar-refractivity contribution in [1.82, 2.24) is 9.47 Å². The molecule has 5 nitrogen and oxygen atoms in total. The fourth-order valence-corrected chi connectivity index (χ4v) is 4.94. The molecule has 1 aliphatic rings. The van der Waals surface area contributed by atoms with Gasteiger partial charge >= 0.3 is 0 Å². The SMILES string of the molecule is CCc1cccc(N2CCN(CCCCn3c(C(N)=O)cc4ccccc43)CC2)c1Cl. The number of nitrogens with zero attached hydrogens (tertiary/aromatic N) is 3. The van der Waals surface area contributed by atoms with Gasteiger partial charge < -0.3 is 15.2 Å². The maximum Gasteiger partial charge on any atom is 0.265 e. The average Bonchev–Trinajstić information content (AvgIpc) is 3.16. The molecule has 0 spiro atoms. The molecular formula is C25H31ClN4O. The summed E-state index contributed by atoms with van der Waals surface area (Å²) in [5, 5.41) is 1.97. The molecule has 1 amide bonds. The number of hydrogen-bond donors (Lipinski definition) is 1. The van der Waals surface area contributed by atoms with Crippen LogP contribution in [0.25, 0.3) is 10.9 Å². The smallest absolute Gasteiger partial charge is 0.265 e. The second kappa shape index (κ2) is 9.75. The van der Waals surface area contributed by atoms with Crippen molar-refractivity contribution in [2.45, 2.75) is 32.7 Å². The van der Waals surface area contributed by atoms with E-state index in [1.165, 1.54) is 11.3 Å². The maximum absolute atomic E-state index is 11.9. The highest BCUT2D eigenvalue weighted by atomic mass is 35.5. The molecule has 1 aromatic heterocycles. The van der Waals surface area contributed by atoms with Crippen LogP contribution in [0.15, 0.2) is 48.5 Å². The van der Waals surface area contributed by atoms with Gasteiger partial charge in [-0.3, -0.25) is 9.69 Å². The predicted molar refractivity (Wildman–Crippen MR) is 129 cm³/mol. The molecule has 6 heteroatoms. The first-order valence-electron chi connectivity index (χ1n) is 11.2. The van der Waals surface area contributed by atoms with Gasteiger partial charge in [0.15, 0.2) is 0 Å². The largest absolute Gasteiger partial charge is 0.368 e. The van der Waals surface area contributed by atoms with Crippen LogP contribution in [0.5, 0.6) is 0 Å². The molecule has 0 bridgehead atoms. The van der Waals surface area contributed by atoms with Crippen LogP contribution in [0, 0.1) is 0 Å². The minimum absolute atomic E-state index is 0.363. The molecule has 0 aliphatic carbocycles. The fourth-order valence-electron chi connectivity index (χ4n) is 4.56. The lowest BCUT2D eigenvalue weighted by molar-refractivity contribution is 0.0991. The third-order valence-corrected chi connectivity index (χ3v) is 6.76. The van der Waals surface area contributed by atoms with Gasteiger partial charge in [0, 0.05) is 43.6 Å². The molecule has 1 aliphatic heterocycles. The van der Waals surface area contributed by atoms with E-state index in [1.54, 1.807) is 0 Å². The van der Waals surface area contributed by atoms with E-state index in [2.05, 4.69) is 45.6 Å². The first-order valence-corrected chi connectivity index (χ1v) is 11.6. The highest BCUT2D eigenvalue weighted by Crippen LogP contribution is 2.30. The van der Waals surface area contributed by atoms with Crippen molar-refractivity contribution in [1.29, 1.82) is 0 Å². The molecule has 4 rings (SSSR count). The lowest BCUT2D eigenvalue weighted by Crippen LogP contribution is -2.46. The Hall–Kier alpha value is -2.50. The van der Waals surface area contributed by atoms with E-state index in [1.807, 2.05) is 24.3 Å². The van der Waals surface area contributed by atoms with Crippen LogP contribution >= 0.6 is 11.6 Å². The maximum atomic E-state index is 11.9. The minimum Gasteiger partial charge on any atom is -0.368 e. The Morgan fingerprint density at radius 3 is 2.48 bits per heavy atom. The number of rotatable bonds is 8. The van der Waals surface area contributed by atoms with Gasteiger partial charge in [-0.05, 0) is 49.6 Å². The van der Waals surface area contributed by atoms with Gasteiger partial charge in [0.1, 0.15) is 5.69 Å². The van der Waals surface area contributed by atoms with E-state index in [-0.39, 0.29) is 5.91 Å². The Kier molecular flexibility index (Phi) is 6.83. The molecule has 0 unspecified atom stereocenters. The number of halogens is 1. The number of anilines is 1. The molecule has 2 N–H and O–H groups in total. The summed E-state index contributed by atoms with van der Waals surface area (Å²) < 4.78 is 2.07. The average molecular weight is 439 g/mol. The molecule has 2 heterocycles. The van der Waals surface area contributed by atoms with Crippen molar-refractivity contribution in [2.24, 2.45) is 5.73 Å². The summed E-state index contributed by atoms with van der Waals surface area (Å²) in [7, 11) is 0. The number of carbonyl (C=O) groups is 1. The molecule has 2 aromatic carbocycles. The first kappa shape index (κ1) is 21.7. The number of carbonyl (C=O) groups excluding carboxylic acids is 1. The number of para-hydroxylation sites is 1. The Labute approximate surface area is 189 Å². The van der Waals surface area contributed by atoms with Gasteiger partial charge in [-0.2, -0.15) is 0 Å². The van der Waals surface area contributed by atoms with E-state index in [0.29, 0.717) is 5.69 Å². The Bertz CT molecular complexity index is 1050. The number of piperazine rings is 1. The molecule has 1 fully saturated rings. The number of fused-ring (bicyclic) bond motifs is 1. The molecular weight excluding hydrogens is 408 g/mol. The summed E-state index contributed by atoms with van der Waals surface area (Å²) in [4.78, 5) is 16.8. The van der Waals surface area contributed by atoms with Gasteiger partial charge in [-0.15, -0.1) is 0 Å². The molecule has 164 valence electrons. The van der Waals surface area contributed by atoms with Gasteiger partial charge in [-0.25, -0.2) is 0 Å². The van der Waals surface area contributed by atoms with Crippen LogP contribution in [-0.4, -0.2) is 48.1 Å². The van der Waals surface area contributed by atoms with Crippen molar-refractivity contribution >= 4 is 34.1 Å². The molecule has 0 radical (unpaired) electrons. The van der Waals surface area contributed by atoms with Crippen LogP contribution in [-0.2, 0) is 13.0 Å². The van der Waals surface area contributed by atoms with Crippen LogP contribution in [0.4, 0.5) is 5.69 Å². The zero-order valence-electron chi connectivity index (χ0n) is 18.2. The van der Waals surface area contributed by atoms with E-state index in [9.17, 15) is 4.79 Å². The molecule has 1 saturated heterocycles. The summed E-state index contributed by atoms with van der Waals surface area (Å²) in [6.07, 6.45) is 3.07. The molecule has 0 saturated carbocycles. The summed E-state index contributed by atoms with van der Waals surface area (Å²) in [6.45, 7) is 8.12. The minimum atomic E-state index is -0.363. The zero-order chi connectivity index (χ0) is 21.8. The van der Waals surface area contributed by atoms with Crippen LogP contribution in [0.1, 0.15) is 35.8 Å². The predicted octanol–water partition coefficient (Wildman–Crippen LogP) is 4.56. The lowest BCUT2D eigenvalue weighted by Gasteiger charge is -2.36. The van der Waals surface area contributed by atoms with E-state index in [4.69, 9.17) is 17.3 Å². The van der Waals surface area contributed by atoms with Crippen molar-refractivity contribution in [3.05, 3.63) is 64.8 Å².